The molecule has 1 unspecified atom stereocenters. The number of rotatable bonds is 5. The minimum Gasteiger partial charge on any atom is -0.493 e. The summed E-state index contributed by atoms with van der Waals surface area (Å²) in [6.45, 7) is 3.50. The van der Waals surface area contributed by atoms with Crippen LogP contribution in [0.4, 0.5) is 5.69 Å². The molecule has 2 saturated heterocycles. The van der Waals surface area contributed by atoms with Crippen molar-refractivity contribution < 1.29 is 23.8 Å². The lowest BCUT2D eigenvalue weighted by Crippen LogP contribution is -2.39. The van der Waals surface area contributed by atoms with E-state index in [1.807, 2.05) is 4.90 Å². The molecule has 1 aromatic rings. The molecule has 1 atom stereocenters. The molecule has 2 aliphatic heterocycles. The van der Waals surface area contributed by atoms with Crippen molar-refractivity contribution in [3.63, 3.8) is 0 Å². The fraction of sp³-hybridized carbons (Fsp3) is 0.579. The molecule has 0 saturated carbocycles. The zero-order chi connectivity index (χ0) is 19.4. The minimum atomic E-state index is -0.324. The van der Waals surface area contributed by atoms with Gasteiger partial charge in [-0.05, 0) is 13.0 Å². The van der Waals surface area contributed by atoms with Gasteiger partial charge in [0, 0.05) is 44.7 Å². The Hall–Kier alpha value is -2.48. The number of hydrogen-bond donors (Lipinski definition) is 1. The molecule has 1 aromatic carbocycles. The highest BCUT2D eigenvalue weighted by Gasteiger charge is 2.38. The summed E-state index contributed by atoms with van der Waals surface area (Å²) >= 11 is 0. The highest BCUT2D eigenvalue weighted by atomic mass is 16.5. The van der Waals surface area contributed by atoms with Crippen LogP contribution in [-0.4, -0.2) is 70.8 Å². The number of amides is 2. The lowest BCUT2D eigenvalue weighted by atomic mass is 10.1. The van der Waals surface area contributed by atoms with Crippen molar-refractivity contribution in [3.05, 3.63) is 12.1 Å². The van der Waals surface area contributed by atoms with Crippen LogP contribution >= 0.6 is 0 Å². The summed E-state index contributed by atoms with van der Waals surface area (Å²) in [4.78, 5) is 29.0. The minimum absolute atomic E-state index is 0.0574. The number of carbonyl (C=O) groups excluding carboxylic acids is 2. The Morgan fingerprint density at radius 1 is 1.07 bits per heavy atom. The first kappa shape index (κ1) is 19.3. The lowest BCUT2D eigenvalue weighted by molar-refractivity contribution is -0.135. The predicted octanol–water partition coefficient (Wildman–Crippen LogP) is 0.887. The second kappa shape index (κ2) is 8.47. The molecule has 2 heterocycles. The van der Waals surface area contributed by atoms with E-state index in [2.05, 4.69) is 5.32 Å². The molecular formula is C19H27N3O5. The smallest absolute Gasteiger partial charge is 0.228 e. The quantitative estimate of drug-likeness (QED) is 0.821. The van der Waals surface area contributed by atoms with Crippen LogP contribution in [0.3, 0.4) is 0 Å². The summed E-state index contributed by atoms with van der Waals surface area (Å²) in [5.41, 5.74) is 0.641. The van der Waals surface area contributed by atoms with Gasteiger partial charge in [-0.25, -0.2) is 0 Å². The molecule has 27 heavy (non-hydrogen) atoms. The molecule has 0 radical (unpaired) electrons. The Labute approximate surface area is 159 Å². The number of methoxy groups -OCH3 is 3. The highest BCUT2D eigenvalue weighted by Crippen LogP contribution is 2.42. The zero-order valence-corrected chi connectivity index (χ0v) is 16.1. The van der Waals surface area contributed by atoms with Crippen molar-refractivity contribution in [2.45, 2.75) is 12.8 Å². The third-order valence-corrected chi connectivity index (χ3v) is 5.09. The van der Waals surface area contributed by atoms with Gasteiger partial charge in [0.1, 0.15) is 0 Å². The van der Waals surface area contributed by atoms with Crippen LogP contribution in [0.5, 0.6) is 17.2 Å². The van der Waals surface area contributed by atoms with Crippen LogP contribution in [0.2, 0.25) is 0 Å². The van der Waals surface area contributed by atoms with Crippen LogP contribution in [0.1, 0.15) is 12.8 Å². The van der Waals surface area contributed by atoms with E-state index in [1.54, 1.807) is 17.0 Å². The summed E-state index contributed by atoms with van der Waals surface area (Å²) < 4.78 is 16.1. The molecule has 0 aromatic heterocycles. The number of hydrogen-bond acceptors (Lipinski definition) is 6. The molecule has 0 aliphatic carbocycles. The molecule has 1 N–H and O–H groups in total. The standard InChI is InChI=1S/C19H27N3O5/c1-25-15-10-14(11-16(26-2)18(15)27-3)22-12-13(9-17(22)23)19(24)21-7-4-5-20-6-8-21/h10-11,13,20H,4-9,12H2,1-3H3. The fourth-order valence-corrected chi connectivity index (χ4v) is 3.67. The normalized spacial score (nSPS) is 20.4. The molecule has 8 heteroatoms. The third-order valence-electron chi connectivity index (χ3n) is 5.09. The van der Waals surface area contributed by atoms with E-state index in [1.165, 1.54) is 21.3 Å². The second-order valence-electron chi connectivity index (χ2n) is 6.72. The Kier molecular flexibility index (Phi) is 6.05. The fourth-order valence-electron chi connectivity index (χ4n) is 3.67. The van der Waals surface area contributed by atoms with E-state index in [0.717, 1.165) is 26.1 Å². The summed E-state index contributed by atoms with van der Waals surface area (Å²) in [5.74, 6) is 1.09. The monoisotopic (exact) mass is 377 g/mol. The van der Waals surface area contributed by atoms with Gasteiger partial charge in [0.05, 0.1) is 32.9 Å². The average molecular weight is 377 g/mol. The van der Waals surface area contributed by atoms with Gasteiger partial charge < -0.3 is 29.3 Å². The lowest BCUT2D eigenvalue weighted by Gasteiger charge is -2.24. The van der Waals surface area contributed by atoms with Crippen molar-refractivity contribution in [1.29, 1.82) is 0 Å². The Morgan fingerprint density at radius 2 is 1.78 bits per heavy atom. The maximum atomic E-state index is 12.9. The van der Waals surface area contributed by atoms with Crippen LogP contribution in [0, 0.1) is 5.92 Å². The van der Waals surface area contributed by atoms with Crippen LogP contribution in [0.25, 0.3) is 0 Å². The maximum absolute atomic E-state index is 12.9. The summed E-state index contributed by atoms with van der Waals surface area (Å²) in [6, 6.07) is 3.48. The first-order chi connectivity index (χ1) is 13.1. The van der Waals surface area contributed by atoms with Crippen molar-refractivity contribution >= 4 is 17.5 Å². The molecule has 148 valence electrons. The van der Waals surface area contributed by atoms with E-state index in [9.17, 15) is 9.59 Å². The highest BCUT2D eigenvalue weighted by molar-refractivity contribution is 6.00. The van der Waals surface area contributed by atoms with Crippen LogP contribution in [-0.2, 0) is 9.59 Å². The van der Waals surface area contributed by atoms with E-state index in [0.29, 0.717) is 36.0 Å². The first-order valence-corrected chi connectivity index (χ1v) is 9.19. The van der Waals surface area contributed by atoms with Gasteiger partial charge in [-0.1, -0.05) is 0 Å². The van der Waals surface area contributed by atoms with Crippen molar-refractivity contribution in [1.82, 2.24) is 10.2 Å². The number of anilines is 1. The molecule has 2 aliphatic rings. The maximum Gasteiger partial charge on any atom is 0.228 e. The molecule has 0 spiro atoms. The molecule has 2 amide bonds. The van der Waals surface area contributed by atoms with Crippen molar-refractivity contribution in [3.8, 4) is 17.2 Å². The molecule has 8 nitrogen and oxygen atoms in total. The van der Waals surface area contributed by atoms with Crippen LogP contribution < -0.4 is 24.4 Å². The topological polar surface area (TPSA) is 80.3 Å². The van der Waals surface area contributed by atoms with Gasteiger partial charge in [-0.2, -0.15) is 0 Å². The third kappa shape index (κ3) is 3.95. The predicted molar refractivity (Wildman–Crippen MR) is 101 cm³/mol. The average Bonchev–Trinajstić information content (AvgIpc) is 2.90. The number of benzene rings is 1. The van der Waals surface area contributed by atoms with Gasteiger partial charge in [-0.15, -0.1) is 0 Å². The number of nitrogens with zero attached hydrogens (tertiary/aromatic N) is 2. The number of nitrogens with one attached hydrogen (secondary N) is 1. The van der Waals surface area contributed by atoms with Crippen molar-refractivity contribution in [2.24, 2.45) is 5.92 Å². The van der Waals surface area contributed by atoms with Gasteiger partial charge >= 0.3 is 0 Å². The zero-order valence-electron chi connectivity index (χ0n) is 16.1. The van der Waals surface area contributed by atoms with E-state index >= 15 is 0 Å². The van der Waals surface area contributed by atoms with E-state index < -0.39 is 0 Å². The van der Waals surface area contributed by atoms with E-state index in [-0.39, 0.29) is 24.2 Å². The number of ether oxygens (including phenoxy) is 3. The number of carbonyl (C=O) groups is 2. The SMILES string of the molecule is COc1cc(N2CC(C(=O)N3CCCNCC3)CC2=O)cc(OC)c1OC. The van der Waals surface area contributed by atoms with Gasteiger partial charge in [0.25, 0.3) is 0 Å². The van der Waals surface area contributed by atoms with Gasteiger partial charge in [0.15, 0.2) is 11.5 Å². The van der Waals surface area contributed by atoms with E-state index in [4.69, 9.17) is 14.2 Å². The molecule has 2 fully saturated rings. The molecule has 3 rings (SSSR count). The summed E-state index contributed by atoms with van der Waals surface area (Å²) in [7, 11) is 4.60. The molecular weight excluding hydrogens is 350 g/mol. The Balaban J connectivity index is 1.80. The van der Waals surface area contributed by atoms with Gasteiger partial charge in [0.2, 0.25) is 17.6 Å². The molecule has 0 bridgehead atoms. The van der Waals surface area contributed by atoms with Crippen LogP contribution in [0.15, 0.2) is 12.1 Å². The summed E-state index contributed by atoms with van der Waals surface area (Å²) in [5, 5.41) is 3.29. The van der Waals surface area contributed by atoms with Crippen molar-refractivity contribution in [2.75, 3.05) is 59.0 Å². The first-order valence-electron chi connectivity index (χ1n) is 9.19. The second-order valence-corrected chi connectivity index (χ2v) is 6.72. The summed E-state index contributed by atoms with van der Waals surface area (Å²) in [6.07, 6.45) is 1.16. The Bertz CT molecular complexity index is 676. The largest absolute Gasteiger partial charge is 0.493 e. The van der Waals surface area contributed by atoms with Gasteiger partial charge in [-0.3, -0.25) is 9.59 Å². The Morgan fingerprint density at radius 3 is 2.41 bits per heavy atom.